The Kier molecular flexibility index (Phi) is 4.84. The highest BCUT2D eigenvalue weighted by atomic mass is 15.2. The van der Waals surface area contributed by atoms with Crippen LogP contribution in [0.25, 0.3) is 0 Å². The number of nitrogens with one attached hydrogen (secondary N) is 1. The molecule has 3 rings (SSSR count). The van der Waals surface area contributed by atoms with Crippen LogP contribution in [0.3, 0.4) is 0 Å². The molecule has 2 atom stereocenters. The van der Waals surface area contributed by atoms with Crippen molar-refractivity contribution in [2.45, 2.75) is 45.8 Å². The maximum Gasteiger partial charge on any atom is 0.0602 e. The van der Waals surface area contributed by atoms with E-state index in [2.05, 4.69) is 86.4 Å². The van der Waals surface area contributed by atoms with Gasteiger partial charge in [-0.1, -0.05) is 59.7 Å². The number of aryl methyl sites for hydroxylation is 2. The molecule has 2 aromatic rings. The minimum absolute atomic E-state index is 0.336. The van der Waals surface area contributed by atoms with E-state index in [0.717, 1.165) is 13.1 Å². The van der Waals surface area contributed by atoms with E-state index in [1.165, 1.54) is 22.3 Å². The highest BCUT2D eigenvalue weighted by molar-refractivity contribution is 5.35. The average Bonchev–Trinajstić information content (AvgIpc) is 2.50. The first-order chi connectivity index (χ1) is 11.0. The summed E-state index contributed by atoms with van der Waals surface area (Å²) < 4.78 is 0. The maximum atomic E-state index is 3.64. The zero-order valence-corrected chi connectivity index (χ0v) is 14.7. The largest absolute Gasteiger partial charge is 0.309 e. The van der Waals surface area contributed by atoms with Crippen molar-refractivity contribution in [3.63, 3.8) is 0 Å². The lowest BCUT2D eigenvalue weighted by Gasteiger charge is -2.41. The SMILES string of the molecule is Cc1ccc(C(c2ccc(C)cc2)N2CC(C)NC(C)C2)cc1. The van der Waals surface area contributed by atoms with Crippen LogP contribution in [0.5, 0.6) is 0 Å². The molecule has 1 aliphatic heterocycles. The summed E-state index contributed by atoms with van der Waals surface area (Å²) in [5.41, 5.74) is 5.42. The van der Waals surface area contributed by atoms with Gasteiger partial charge in [0.05, 0.1) is 6.04 Å². The van der Waals surface area contributed by atoms with Crippen molar-refractivity contribution in [1.29, 1.82) is 0 Å². The summed E-state index contributed by atoms with van der Waals surface area (Å²) in [4.78, 5) is 2.63. The molecule has 0 bridgehead atoms. The normalized spacial score (nSPS) is 22.5. The van der Waals surface area contributed by atoms with Crippen LogP contribution < -0.4 is 5.32 Å². The minimum Gasteiger partial charge on any atom is -0.309 e. The molecule has 0 amide bonds. The number of hydrogen-bond donors (Lipinski definition) is 1. The lowest BCUT2D eigenvalue weighted by molar-refractivity contribution is 0.141. The summed E-state index contributed by atoms with van der Waals surface area (Å²) in [6.45, 7) is 11.0. The molecule has 2 heteroatoms. The van der Waals surface area contributed by atoms with Crippen molar-refractivity contribution in [2.24, 2.45) is 0 Å². The molecule has 1 aliphatic rings. The molecular weight excluding hydrogens is 280 g/mol. The highest BCUT2D eigenvalue weighted by Gasteiger charge is 2.29. The molecule has 2 nitrogen and oxygen atoms in total. The highest BCUT2D eigenvalue weighted by Crippen LogP contribution is 2.30. The van der Waals surface area contributed by atoms with Gasteiger partial charge in [-0.2, -0.15) is 0 Å². The van der Waals surface area contributed by atoms with Crippen molar-refractivity contribution in [3.05, 3.63) is 70.8 Å². The van der Waals surface area contributed by atoms with Gasteiger partial charge in [0.2, 0.25) is 0 Å². The summed E-state index contributed by atoms with van der Waals surface area (Å²) in [5.74, 6) is 0. The zero-order valence-electron chi connectivity index (χ0n) is 14.7. The van der Waals surface area contributed by atoms with E-state index in [1.54, 1.807) is 0 Å². The van der Waals surface area contributed by atoms with E-state index < -0.39 is 0 Å². The van der Waals surface area contributed by atoms with Crippen LogP contribution in [0.15, 0.2) is 48.5 Å². The van der Waals surface area contributed by atoms with Crippen LogP contribution in [0, 0.1) is 13.8 Å². The van der Waals surface area contributed by atoms with E-state index in [1.807, 2.05) is 0 Å². The summed E-state index contributed by atoms with van der Waals surface area (Å²) in [5, 5.41) is 3.64. The molecule has 0 radical (unpaired) electrons. The Balaban J connectivity index is 1.98. The van der Waals surface area contributed by atoms with Gasteiger partial charge in [0.25, 0.3) is 0 Å². The van der Waals surface area contributed by atoms with Crippen LogP contribution in [0.1, 0.15) is 42.1 Å². The van der Waals surface area contributed by atoms with Gasteiger partial charge in [0.15, 0.2) is 0 Å². The third kappa shape index (κ3) is 3.82. The second-order valence-electron chi connectivity index (χ2n) is 7.15. The van der Waals surface area contributed by atoms with E-state index in [9.17, 15) is 0 Å². The first-order valence-electron chi connectivity index (χ1n) is 8.66. The molecule has 122 valence electrons. The molecule has 1 N–H and O–H groups in total. The monoisotopic (exact) mass is 308 g/mol. The minimum atomic E-state index is 0.336. The van der Waals surface area contributed by atoms with E-state index in [4.69, 9.17) is 0 Å². The van der Waals surface area contributed by atoms with Gasteiger partial charge in [0.1, 0.15) is 0 Å². The van der Waals surface area contributed by atoms with E-state index in [-0.39, 0.29) is 0 Å². The van der Waals surface area contributed by atoms with E-state index >= 15 is 0 Å². The third-order valence-corrected chi connectivity index (χ3v) is 4.74. The van der Waals surface area contributed by atoms with Crippen molar-refractivity contribution < 1.29 is 0 Å². The summed E-state index contributed by atoms with van der Waals surface area (Å²) in [6.07, 6.45) is 0. The fourth-order valence-corrected chi connectivity index (χ4v) is 3.69. The molecule has 0 saturated carbocycles. The van der Waals surface area contributed by atoms with Gasteiger partial charge in [-0.15, -0.1) is 0 Å². The molecule has 2 unspecified atom stereocenters. The van der Waals surface area contributed by atoms with Gasteiger partial charge in [-0.25, -0.2) is 0 Å². The first-order valence-corrected chi connectivity index (χ1v) is 8.66. The van der Waals surface area contributed by atoms with Crippen LogP contribution in [0.4, 0.5) is 0 Å². The average molecular weight is 308 g/mol. The topological polar surface area (TPSA) is 15.3 Å². The molecule has 0 spiro atoms. The number of rotatable bonds is 3. The standard InChI is InChI=1S/C21H28N2/c1-15-5-9-19(10-6-15)21(20-11-7-16(2)8-12-20)23-13-17(3)22-18(4)14-23/h5-12,17-18,21-22H,13-14H2,1-4H3. The molecule has 23 heavy (non-hydrogen) atoms. The lowest BCUT2D eigenvalue weighted by Crippen LogP contribution is -2.55. The Hall–Kier alpha value is -1.64. The van der Waals surface area contributed by atoms with Crippen molar-refractivity contribution in [3.8, 4) is 0 Å². The Bertz CT molecular complexity index is 574. The molecule has 1 saturated heterocycles. The molecular formula is C21H28N2. The quantitative estimate of drug-likeness (QED) is 0.919. The predicted molar refractivity (Wildman–Crippen MR) is 97.8 cm³/mol. The molecule has 1 fully saturated rings. The van der Waals surface area contributed by atoms with Gasteiger partial charge in [-0.3, -0.25) is 4.90 Å². The molecule has 0 aromatic heterocycles. The van der Waals surface area contributed by atoms with Crippen LogP contribution >= 0.6 is 0 Å². The van der Waals surface area contributed by atoms with Gasteiger partial charge in [0, 0.05) is 25.2 Å². The molecule has 0 aliphatic carbocycles. The number of hydrogen-bond acceptors (Lipinski definition) is 2. The smallest absolute Gasteiger partial charge is 0.0602 e. The third-order valence-electron chi connectivity index (χ3n) is 4.74. The lowest BCUT2D eigenvalue weighted by atomic mass is 9.94. The van der Waals surface area contributed by atoms with Crippen molar-refractivity contribution in [1.82, 2.24) is 10.2 Å². The van der Waals surface area contributed by atoms with Crippen molar-refractivity contribution >= 4 is 0 Å². The van der Waals surface area contributed by atoms with Gasteiger partial charge >= 0.3 is 0 Å². The number of nitrogens with zero attached hydrogens (tertiary/aromatic N) is 1. The maximum absolute atomic E-state index is 3.64. The number of benzene rings is 2. The Morgan fingerprint density at radius 2 is 1.17 bits per heavy atom. The van der Waals surface area contributed by atoms with Crippen molar-refractivity contribution in [2.75, 3.05) is 13.1 Å². The van der Waals surface area contributed by atoms with Crippen LogP contribution in [-0.2, 0) is 0 Å². The summed E-state index contributed by atoms with van der Waals surface area (Å²) in [6, 6.07) is 19.5. The fraction of sp³-hybridized carbons (Fsp3) is 0.429. The van der Waals surface area contributed by atoms with E-state index in [0.29, 0.717) is 18.1 Å². The second kappa shape index (κ2) is 6.86. The van der Waals surface area contributed by atoms with Gasteiger partial charge < -0.3 is 5.32 Å². The van der Waals surface area contributed by atoms with Gasteiger partial charge in [-0.05, 0) is 38.8 Å². The number of piperazine rings is 1. The van der Waals surface area contributed by atoms with Crippen LogP contribution in [0.2, 0.25) is 0 Å². The summed E-state index contributed by atoms with van der Waals surface area (Å²) in [7, 11) is 0. The molecule has 1 heterocycles. The Labute approximate surface area is 140 Å². The first kappa shape index (κ1) is 16.2. The fourth-order valence-electron chi connectivity index (χ4n) is 3.69. The zero-order chi connectivity index (χ0) is 16.4. The van der Waals surface area contributed by atoms with Crippen LogP contribution in [-0.4, -0.2) is 30.1 Å². The molecule has 2 aromatic carbocycles. The predicted octanol–water partition coefficient (Wildman–Crippen LogP) is 4.08. The Morgan fingerprint density at radius 1 is 0.783 bits per heavy atom. The second-order valence-corrected chi connectivity index (χ2v) is 7.15. The Morgan fingerprint density at radius 3 is 1.57 bits per heavy atom. The summed E-state index contributed by atoms with van der Waals surface area (Å²) >= 11 is 0.